The minimum atomic E-state index is -0.332. The first-order chi connectivity index (χ1) is 8.24. The average molecular weight is 232 g/mol. The fraction of sp³-hybridized carbons (Fsp3) is 0.533. The van der Waals surface area contributed by atoms with Crippen molar-refractivity contribution in [1.29, 1.82) is 0 Å². The van der Waals surface area contributed by atoms with Crippen molar-refractivity contribution in [1.82, 2.24) is 0 Å². The van der Waals surface area contributed by atoms with E-state index < -0.39 is 0 Å². The van der Waals surface area contributed by atoms with Gasteiger partial charge in [-0.3, -0.25) is 4.79 Å². The molecule has 0 aromatic heterocycles. The number of hydrogen-bond acceptors (Lipinski definition) is 2. The molecule has 0 radical (unpaired) electrons. The minimum Gasteiger partial charge on any atom is -0.371 e. The lowest BCUT2D eigenvalue weighted by atomic mass is 9.77. The lowest BCUT2D eigenvalue weighted by Gasteiger charge is -2.28. The molecule has 0 spiro atoms. The Labute approximate surface area is 103 Å². The summed E-state index contributed by atoms with van der Waals surface area (Å²) >= 11 is 0. The van der Waals surface area contributed by atoms with Crippen LogP contribution in [0.4, 0.5) is 0 Å². The normalized spacial score (nSPS) is 17.5. The van der Waals surface area contributed by atoms with E-state index in [0.717, 1.165) is 5.56 Å². The van der Waals surface area contributed by atoms with Gasteiger partial charge in [0, 0.05) is 12.2 Å². The van der Waals surface area contributed by atoms with Gasteiger partial charge in [0.1, 0.15) is 6.10 Å². The van der Waals surface area contributed by atoms with Crippen molar-refractivity contribution in [2.75, 3.05) is 6.61 Å². The molecule has 1 aromatic rings. The minimum absolute atomic E-state index is 0.120. The summed E-state index contributed by atoms with van der Waals surface area (Å²) in [5, 5.41) is 0. The van der Waals surface area contributed by atoms with Crippen LogP contribution in [0.15, 0.2) is 24.3 Å². The summed E-state index contributed by atoms with van der Waals surface area (Å²) in [7, 11) is 0. The second kappa shape index (κ2) is 5.46. The largest absolute Gasteiger partial charge is 0.371 e. The van der Waals surface area contributed by atoms with Crippen molar-refractivity contribution < 1.29 is 9.53 Å². The molecule has 1 aromatic carbocycles. The predicted octanol–water partition coefficient (Wildman–Crippen LogP) is 3.56. The molecule has 2 heteroatoms. The first kappa shape index (κ1) is 12.3. The third kappa shape index (κ3) is 2.58. The average Bonchev–Trinajstić information content (AvgIpc) is 2.27. The first-order valence-corrected chi connectivity index (χ1v) is 6.48. The van der Waals surface area contributed by atoms with Crippen LogP contribution in [0.5, 0.6) is 0 Å². The van der Waals surface area contributed by atoms with Gasteiger partial charge in [0.05, 0.1) is 0 Å². The highest BCUT2D eigenvalue weighted by Crippen LogP contribution is 2.38. The number of carbonyl (C=O) groups excluding carboxylic acids is 1. The van der Waals surface area contributed by atoms with E-state index in [1.807, 2.05) is 32.0 Å². The Morgan fingerprint density at radius 2 is 2.12 bits per heavy atom. The molecule has 1 unspecified atom stereocenters. The van der Waals surface area contributed by atoms with Crippen LogP contribution >= 0.6 is 0 Å². The summed E-state index contributed by atoms with van der Waals surface area (Å²) in [6.07, 6.45) is 3.38. The molecule has 0 bridgehead atoms. The van der Waals surface area contributed by atoms with Crippen molar-refractivity contribution in [3.05, 3.63) is 35.4 Å². The maximum Gasteiger partial charge on any atom is 0.191 e. The van der Waals surface area contributed by atoms with E-state index in [0.29, 0.717) is 12.5 Å². The quantitative estimate of drug-likeness (QED) is 0.725. The van der Waals surface area contributed by atoms with Crippen LogP contribution in [0.25, 0.3) is 0 Å². The Kier molecular flexibility index (Phi) is 3.95. The standard InChI is InChI=1S/C15H20O2/c1-3-17-11(2)15(16)14-10-5-4-9-13(14)12-7-6-8-12/h4-5,9-12H,3,6-8H2,1-2H3. The van der Waals surface area contributed by atoms with E-state index in [-0.39, 0.29) is 11.9 Å². The van der Waals surface area contributed by atoms with E-state index >= 15 is 0 Å². The maximum absolute atomic E-state index is 12.3. The highest BCUT2D eigenvalue weighted by Gasteiger charge is 2.26. The van der Waals surface area contributed by atoms with Gasteiger partial charge < -0.3 is 4.74 Å². The smallest absolute Gasteiger partial charge is 0.191 e. The number of hydrogen-bond donors (Lipinski definition) is 0. The Balaban J connectivity index is 2.21. The first-order valence-electron chi connectivity index (χ1n) is 6.48. The third-order valence-corrected chi connectivity index (χ3v) is 3.56. The van der Waals surface area contributed by atoms with E-state index in [4.69, 9.17) is 4.74 Å². The fourth-order valence-electron chi connectivity index (χ4n) is 2.34. The number of Topliss-reactive ketones (excluding diaryl/α,β-unsaturated/α-hetero) is 1. The van der Waals surface area contributed by atoms with E-state index in [1.54, 1.807) is 0 Å². The van der Waals surface area contributed by atoms with Gasteiger partial charge in [-0.2, -0.15) is 0 Å². The van der Waals surface area contributed by atoms with Gasteiger partial charge in [-0.05, 0) is 38.2 Å². The number of rotatable bonds is 5. The molecule has 1 aliphatic carbocycles. The van der Waals surface area contributed by atoms with Gasteiger partial charge in [0.15, 0.2) is 5.78 Å². The predicted molar refractivity (Wildman–Crippen MR) is 68.5 cm³/mol. The topological polar surface area (TPSA) is 26.3 Å². The van der Waals surface area contributed by atoms with Crippen LogP contribution in [-0.2, 0) is 4.74 Å². The summed E-state index contributed by atoms with van der Waals surface area (Å²) in [6, 6.07) is 7.99. The van der Waals surface area contributed by atoms with Crippen LogP contribution in [-0.4, -0.2) is 18.5 Å². The summed E-state index contributed by atoms with van der Waals surface area (Å²) < 4.78 is 5.39. The molecule has 17 heavy (non-hydrogen) atoms. The maximum atomic E-state index is 12.3. The van der Waals surface area contributed by atoms with Crippen molar-refractivity contribution in [2.24, 2.45) is 0 Å². The number of ketones is 1. The molecule has 0 heterocycles. The van der Waals surface area contributed by atoms with Gasteiger partial charge in [-0.1, -0.05) is 30.7 Å². The SMILES string of the molecule is CCOC(C)C(=O)c1ccccc1C1CCC1. The second-order valence-corrected chi connectivity index (χ2v) is 4.68. The summed E-state index contributed by atoms with van der Waals surface area (Å²) in [6.45, 7) is 4.34. The number of benzene rings is 1. The van der Waals surface area contributed by atoms with Crippen molar-refractivity contribution in [2.45, 2.75) is 45.1 Å². The van der Waals surface area contributed by atoms with Gasteiger partial charge in [-0.25, -0.2) is 0 Å². The molecule has 1 saturated carbocycles. The molecule has 1 aliphatic rings. The highest BCUT2D eigenvalue weighted by molar-refractivity contribution is 6.00. The van der Waals surface area contributed by atoms with Crippen LogP contribution in [0.3, 0.4) is 0 Å². The molecule has 92 valence electrons. The fourth-order valence-corrected chi connectivity index (χ4v) is 2.34. The Morgan fingerprint density at radius 1 is 1.41 bits per heavy atom. The monoisotopic (exact) mass is 232 g/mol. The van der Waals surface area contributed by atoms with E-state index in [9.17, 15) is 4.79 Å². The Bertz CT molecular complexity index is 394. The number of ether oxygens (including phenoxy) is 1. The summed E-state index contributed by atoms with van der Waals surface area (Å²) in [5.41, 5.74) is 2.08. The molecule has 1 atom stereocenters. The van der Waals surface area contributed by atoms with Crippen LogP contribution < -0.4 is 0 Å². The van der Waals surface area contributed by atoms with E-state index in [2.05, 4.69) is 6.07 Å². The van der Waals surface area contributed by atoms with Crippen LogP contribution in [0, 0.1) is 0 Å². The lowest BCUT2D eigenvalue weighted by molar-refractivity contribution is 0.0519. The van der Waals surface area contributed by atoms with Crippen molar-refractivity contribution in [3.8, 4) is 0 Å². The second-order valence-electron chi connectivity index (χ2n) is 4.68. The summed E-state index contributed by atoms with van der Waals surface area (Å²) in [5.74, 6) is 0.707. The molecule has 0 N–H and O–H groups in total. The molecule has 2 rings (SSSR count). The molecule has 0 aliphatic heterocycles. The zero-order chi connectivity index (χ0) is 12.3. The zero-order valence-corrected chi connectivity index (χ0v) is 10.6. The molecule has 0 saturated heterocycles. The molecule has 1 fully saturated rings. The molecule has 0 amide bonds. The Hall–Kier alpha value is -1.15. The third-order valence-electron chi connectivity index (χ3n) is 3.56. The lowest BCUT2D eigenvalue weighted by Crippen LogP contribution is -2.23. The van der Waals surface area contributed by atoms with Crippen molar-refractivity contribution >= 4 is 5.78 Å². The van der Waals surface area contributed by atoms with Gasteiger partial charge in [0.2, 0.25) is 0 Å². The number of carbonyl (C=O) groups is 1. The zero-order valence-electron chi connectivity index (χ0n) is 10.6. The van der Waals surface area contributed by atoms with Gasteiger partial charge >= 0.3 is 0 Å². The van der Waals surface area contributed by atoms with Crippen LogP contribution in [0.1, 0.15) is 54.9 Å². The van der Waals surface area contributed by atoms with Gasteiger partial charge in [-0.15, -0.1) is 0 Å². The highest BCUT2D eigenvalue weighted by atomic mass is 16.5. The van der Waals surface area contributed by atoms with Crippen molar-refractivity contribution in [3.63, 3.8) is 0 Å². The summed E-state index contributed by atoms with van der Waals surface area (Å²) in [4.78, 5) is 12.3. The van der Waals surface area contributed by atoms with E-state index in [1.165, 1.54) is 24.8 Å². The Morgan fingerprint density at radius 3 is 2.71 bits per heavy atom. The van der Waals surface area contributed by atoms with Gasteiger partial charge in [0.25, 0.3) is 0 Å². The molecular formula is C15H20O2. The molecule has 2 nitrogen and oxygen atoms in total. The van der Waals surface area contributed by atoms with Crippen LogP contribution in [0.2, 0.25) is 0 Å². The molecular weight excluding hydrogens is 212 g/mol.